The molecule has 0 saturated heterocycles. The summed E-state index contributed by atoms with van der Waals surface area (Å²) in [6.45, 7) is 2.24. The fraction of sp³-hybridized carbons (Fsp3) is 0.250. The summed E-state index contributed by atoms with van der Waals surface area (Å²) in [4.78, 5) is 9.26. The average molecular weight is 304 g/mol. The molecule has 0 aliphatic rings. The average Bonchev–Trinajstić information content (AvgIpc) is 2.46. The van der Waals surface area contributed by atoms with Gasteiger partial charge in [0.25, 0.3) is 0 Å². The first-order valence-electron chi connectivity index (χ1n) is 6.77. The summed E-state index contributed by atoms with van der Waals surface area (Å²) in [7, 11) is -2.36. The Hall–Kier alpha value is -1.74. The molecule has 2 unspecified atom stereocenters. The molecule has 2 atom stereocenters. The predicted octanol–water partition coefficient (Wildman–Crippen LogP) is 2.52. The molecule has 0 fully saturated rings. The van der Waals surface area contributed by atoms with Gasteiger partial charge in [-0.2, -0.15) is 4.89 Å². The van der Waals surface area contributed by atoms with Crippen molar-refractivity contribution in [2.24, 2.45) is 5.73 Å². The number of rotatable bonds is 6. The van der Waals surface area contributed by atoms with Crippen LogP contribution in [0.15, 0.2) is 48.5 Å². The second kappa shape index (κ2) is 7.32. The number of ether oxygens (including phenoxy) is 1. The quantitative estimate of drug-likeness (QED) is 0.804. The molecule has 0 aliphatic carbocycles. The minimum absolute atomic E-state index is 0.129. The van der Waals surface area contributed by atoms with Crippen LogP contribution in [0.3, 0.4) is 0 Å². The lowest BCUT2D eigenvalue weighted by Crippen LogP contribution is -2.17. The fourth-order valence-corrected chi connectivity index (χ4v) is 2.67. The molecule has 0 amide bonds. The van der Waals surface area contributed by atoms with Gasteiger partial charge >= 0.3 is 8.03 Å². The Morgan fingerprint density at radius 3 is 2.48 bits per heavy atom. The van der Waals surface area contributed by atoms with Crippen LogP contribution in [0.2, 0.25) is 0 Å². The Morgan fingerprint density at radius 2 is 1.86 bits per heavy atom. The van der Waals surface area contributed by atoms with Gasteiger partial charge in [-0.15, -0.1) is 0 Å². The summed E-state index contributed by atoms with van der Waals surface area (Å²) < 4.78 is 16.9. The first-order valence-corrected chi connectivity index (χ1v) is 7.99. The number of hydrogen-bond acceptors (Lipinski definition) is 3. The standard InChI is InChI=1S/C16H18NO3P/c1-12(17)10-13-6-8-15(9-7-13)20-11-14-4-2-3-5-16(14)21(18)19/h2-9,12H,10-11,17H2,1H3/p+1. The monoisotopic (exact) mass is 304 g/mol. The largest absolute Gasteiger partial charge is 0.546 e. The molecular weight excluding hydrogens is 285 g/mol. The maximum atomic E-state index is 11.3. The third-order valence-electron chi connectivity index (χ3n) is 3.07. The van der Waals surface area contributed by atoms with Crippen molar-refractivity contribution < 1.29 is 14.2 Å². The van der Waals surface area contributed by atoms with Crippen molar-refractivity contribution in [3.63, 3.8) is 0 Å². The normalized spacial score (nSPS) is 12.8. The van der Waals surface area contributed by atoms with Crippen molar-refractivity contribution in [1.29, 1.82) is 0 Å². The van der Waals surface area contributed by atoms with E-state index >= 15 is 0 Å². The summed E-state index contributed by atoms with van der Waals surface area (Å²) in [5, 5.41) is 0.418. The van der Waals surface area contributed by atoms with Crippen molar-refractivity contribution in [1.82, 2.24) is 0 Å². The van der Waals surface area contributed by atoms with Crippen LogP contribution in [0, 0.1) is 0 Å². The fourth-order valence-electron chi connectivity index (χ4n) is 2.07. The highest BCUT2D eigenvalue weighted by atomic mass is 31.1. The van der Waals surface area contributed by atoms with Crippen molar-refractivity contribution >= 4 is 13.3 Å². The number of benzene rings is 2. The van der Waals surface area contributed by atoms with Gasteiger partial charge in [0.2, 0.25) is 5.30 Å². The van der Waals surface area contributed by atoms with Crippen LogP contribution < -0.4 is 15.8 Å². The summed E-state index contributed by atoms with van der Waals surface area (Å²) >= 11 is 0. The van der Waals surface area contributed by atoms with E-state index in [1.54, 1.807) is 18.2 Å². The van der Waals surface area contributed by atoms with Crippen LogP contribution in [0.25, 0.3) is 0 Å². The van der Waals surface area contributed by atoms with Crippen LogP contribution in [-0.4, -0.2) is 10.9 Å². The summed E-state index contributed by atoms with van der Waals surface area (Å²) in [5.41, 5.74) is 7.65. The van der Waals surface area contributed by atoms with Gasteiger partial charge in [-0.05, 0) is 41.7 Å². The highest BCUT2D eigenvalue weighted by Crippen LogP contribution is 2.19. The minimum Gasteiger partial charge on any atom is -0.489 e. The minimum atomic E-state index is -2.36. The van der Waals surface area contributed by atoms with Gasteiger partial charge in [-0.1, -0.05) is 30.3 Å². The van der Waals surface area contributed by atoms with E-state index in [0.717, 1.165) is 23.3 Å². The zero-order valence-corrected chi connectivity index (χ0v) is 12.8. The van der Waals surface area contributed by atoms with Crippen molar-refractivity contribution in [2.45, 2.75) is 26.0 Å². The molecule has 21 heavy (non-hydrogen) atoms. The molecule has 0 saturated carbocycles. The first-order chi connectivity index (χ1) is 10.1. The van der Waals surface area contributed by atoms with Crippen molar-refractivity contribution in [3.05, 3.63) is 59.7 Å². The van der Waals surface area contributed by atoms with Gasteiger partial charge < -0.3 is 10.5 Å². The molecular formula is C16H19NO3P+. The Morgan fingerprint density at radius 1 is 1.19 bits per heavy atom. The lowest BCUT2D eigenvalue weighted by Gasteiger charge is -2.08. The Bertz CT molecular complexity index is 611. The second-order valence-corrected chi connectivity index (χ2v) is 6.04. The van der Waals surface area contributed by atoms with E-state index in [2.05, 4.69) is 0 Å². The molecule has 0 aromatic heterocycles. The summed E-state index contributed by atoms with van der Waals surface area (Å²) in [6, 6.07) is 14.9. The molecule has 0 aliphatic heterocycles. The van der Waals surface area contributed by atoms with Gasteiger partial charge in [0, 0.05) is 11.6 Å². The van der Waals surface area contributed by atoms with Crippen LogP contribution in [0.4, 0.5) is 0 Å². The SMILES string of the molecule is CC(N)Cc1ccc(OCc2ccccc2[P+](=O)O)cc1. The molecule has 0 spiro atoms. The molecule has 0 radical (unpaired) electrons. The summed E-state index contributed by atoms with van der Waals surface area (Å²) in [6.07, 6.45) is 0.827. The van der Waals surface area contributed by atoms with Crippen molar-refractivity contribution in [3.8, 4) is 5.75 Å². The molecule has 2 aromatic carbocycles. The molecule has 3 N–H and O–H groups in total. The molecule has 2 aromatic rings. The first kappa shape index (κ1) is 15.6. The van der Waals surface area contributed by atoms with Crippen LogP contribution in [-0.2, 0) is 17.6 Å². The highest BCUT2D eigenvalue weighted by Gasteiger charge is 2.20. The van der Waals surface area contributed by atoms with E-state index in [1.807, 2.05) is 37.3 Å². The Labute approximate surface area is 125 Å². The zero-order valence-electron chi connectivity index (χ0n) is 11.9. The Balaban J connectivity index is 2.02. The molecule has 0 bridgehead atoms. The predicted molar refractivity (Wildman–Crippen MR) is 84.0 cm³/mol. The van der Waals surface area contributed by atoms with Gasteiger partial charge in [-0.3, -0.25) is 0 Å². The smallest absolute Gasteiger partial charge is 0.489 e. The number of hydrogen-bond donors (Lipinski definition) is 2. The third-order valence-corrected chi connectivity index (χ3v) is 3.92. The lowest BCUT2D eigenvalue weighted by molar-refractivity contribution is 0.307. The maximum Gasteiger partial charge on any atom is 0.546 e. The highest BCUT2D eigenvalue weighted by molar-refractivity contribution is 7.47. The van der Waals surface area contributed by atoms with E-state index < -0.39 is 8.03 Å². The molecule has 4 nitrogen and oxygen atoms in total. The molecule has 5 heteroatoms. The zero-order chi connectivity index (χ0) is 15.2. The van der Waals surface area contributed by atoms with Crippen LogP contribution >= 0.6 is 8.03 Å². The van der Waals surface area contributed by atoms with E-state index in [9.17, 15) is 9.46 Å². The van der Waals surface area contributed by atoms with E-state index in [4.69, 9.17) is 10.5 Å². The summed E-state index contributed by atoms with van der Waals surface area (Å²) in [5.74, 6) is 0.728. The van der Waals surface area contributed by atoms with Crippen molar-refractivity contribution in [2.75, 3.05) is 0 Å². The van der Waals surface area contributed by atoms with Gasteiger partial charge in [-0.25, -0.2) is 0 Å². The molecule has 0 heterocycles. The van der Waals surface area contributed by atoms with Gasteiger partial charge in [0.05, 0.1) is 0 Å². The molecule has 110 valence electrons. The topological polar surface area (TPSA) is 72.5 Å². The molecule has 2 rings (SSSR count). The van der Waals surface area contributed by atoms with E-state index in [-0.39, 0.29) is 12.6 Å². The van der Waals surface area contributed by atoms with Gasteiger partial charge in [0.15, 0.2) is 0 Å². The van der Waals surface area contributed by atoms with Crippen LogP contribution in [0.5, 0.6) is 5.75 Å². The Kier molecular flexibility index (Phi) is 5.45. The van der Waals surface area contributed by atoms with Gasteiger partial charge in [0.1, 0.15) is 12.4 Å². The second-order valence-electron chi connectivity index (χ2n) is 5.02. The van der Waals surface area contributed by atoms with E-state index in [0.29, 0.717) is 5.30 Å². The van der Waals surface area contributed by atoms with E-state index in [1.165, 1.54) is 0 Å². The lowest BCUT2D eigenvalue weighted by atomic mass is 10.1. The number of nitrogens with two attached hydrogens (primary N) is 1. The van der Waals surface area contributed by atoms with Crippen LogP contribution in [0.1, 0.15) is 18.1 Å². The third kappa shape index (κ3) is 4.64. The maximum absolute atomic E-state index is 11.3.